The number of rotatable bonds is 3. The maximum atomic E-state index is 12.3. The highest BCUT2D eigenvalue weighted by Gasteiger charge is 2.16. The van der Waals surface area contributed by atoms with Crippen LogP contribution in [0.2, 0.25) is 5.02 Å². The molecule has 3 nitrogen and oxygen atoms in total. The van der Waals surface area contributed by atoms with Crippen LogP contribution in [0.1, 0.15) is 20.8 Å². The smallest absolute Gasteiger partial charge is 0.263 e. The highest BCUT2D eigenvalue weighted by Crippen LogP contribution is 2.35. The number of benzene rings is 1. The van der Waals surface area contributed by atoms with Gasteiger partial charge in [-0.25, -0.2) is 0 Å². The fourth-order valence-electron chi connectivity index (χ4n) is 2.08. The Hall–Kier alpha value is -1.56. The summed E-state index contributed by atoms with van der Waals surface area (Å²) >= 11 is 8.98. The molecule has 0 aliphatic heterocycles. The van der Waals surface area contributed by atoms with Gasteiger partial charge in [0.05, 0.1) is 5.69 Å². The molecule has 6 heteroatoms. The first kappa shape index (κ1) is 14.4. The van der Waals surface area contributed by atoms with Crippen molar-refractivity contribution < 1.29 is 4.79 Å². The molecule has 0 bridgehead atoms. The number of aryl methyl sites for hydroxylation is 1. The molecule has 0 atom stereocenters. The molecule has 1 amide bonds. The lowest BCUT2D eigenvalue weighted by Crippen LogP contribution is -2.22. The second-order valence-electron chi connectivity index (χ2n) is 4.75. The zero-order chi connectivity index (χ0) is 15.0. The topological polar surface area (TPSA) is 55.1 Å². The van der Waals surface area contributed by atoms with Crippen LogP contribution in [-0.2, 0) is 6.54 Å². The van der Waals surface area contributed by atoms with E-state index in [4.69, 9.17) is 17.3 Å². The molecule has 0 unspecified atom stereocenters. The maximum absolute atomic E-state index is 12.3. The Morgan fingerprint density at radius 3 is 2.90 bits per heavy atom. The van der Waals surface area contributed by atoms with E-state index in [9.17, 15) is 4.79 Å². The van der Waals surface area contributed by atoms with Crippen LogP contribution >= 0.6 is 34.3 Å². The minimum absolute atomic E-state index is 0.143. The van der Waals surface area contributed by atoms with Crippen molar-refractivity contribution in [2.75, 3.05) is 5.73 Å². The average molecular weight is 337 g/mol. The summed E-state index contributed by atoms with van der Waals surface area (Å²) < 4.78 is 0.928. The highest BCUT2D eigenvalue weighted by molar-refractivity contribution is 7.21. The van der Waals surface area contributed by atoms with Crippen molar-refractivity contribution in [1.82, 2.24) is 5.32 Å². The van der Waals surface area contributed by atoms with Crippen LogP contribution in [0.5, 0.6) is 0 Å². The first-order chi connectivity index (χ1) is 10.1. The summed E-state index contributed by atoms with van der Waals surface area (Å²) in [7, 11) is 0. The zero-order valence-electron chi connectivity index (χ0n) is 11.3. The molecule has 0 spiro atoms. The van der Waals surface area contributed by atoms with Crippen LogP contribution in [0.4, 0.5) is 5.69 Å². The first-order valence-electron chi connectivity index (χ1n) is 6.33. The third-order valence-electron chi connectivity index (χ3n) is 3.30. The van der Waals surface area contributed by atoms with E-state index in [0.717, 1.165) is 15.6 Å². The molecule has 0 saturated heterocycles. The largest absolute Gasteiger partial charge is 0.397 e. The van der Waals surface area contributed by atoms with E-state index in [1.807, 2.05) is 24.4 Å². The number of hydrogen-bond donors (Lipinski definition) is 2. The summed E-state index contributed by atoms with van der Waals surface area (Å²) in [4.78, 5) is 12.9. The number of thiophene rings is 2. The van der Waals surface area contributed by atoms with Gasteiger partial charge in [-0.05, 0) is 47.0 Å². The normalized spacial score (nSPS) is 11.0. The predicted octanol–water partition coefficient (Wildman–Crippen LogP) is 4.44. The van der Waals surface area contributed by atoms with Gasteiger partial charge in [0, 0.05) is 21.7 Å². The molecule has 3 rings (SSSR count). The van der Waals surface area contributed by atoms with Gasteiger partial charge in [0.15, 0.2) is 0 Å². The summed E-state index contributed by atoms with van der Waals surface area (Å²) in [5, 5.41) is 8.56. The Labute approximate surface area is 135 Å². The number of nitrogen functional groups attached to an aromatic ring is 1. The molecule has 21 heavy (non-hydrogen) atoms. The van der Waals surface area contributed by atoms with E-state index in [1.165, 1.54) is 16.9 Å². The van der Waals surface area contributed by atoms with Crippen LogP contribution in [0.25, 0.3) is 10.1 Å². The Balaban J connectivity index is 1.84. The number of nitrogens with two attached hydrogens (primary N) is 1. The van der Waals surface area contributed by atoms with Crippen molar-refractivity contribution in [3.05, 3.63) is 50.0 Å². The van der Waals surface area contributed by atoms with Crippen molar-refractivity contribution in [3.63, 3.8) is 0 Å². The monoisotopic (exact) mass is 336 g/mol. The Morgan fingerprint density at radius 1 is 1.38 bits per heavy atom. The fraction of sp³-hybridized carbons (Fsp3) is 0.133. The van der Waals surface area contributed by atoms with Crippen LogP contribution in [0.15, 0.2) is 29.0 Å². The summed E-state index contributed by atoms with van der Waals surface area (Å²) in [6.07, 6.45) is 0. The van der Waals surface area contributed by atoms with Gasteiger partial charge in [-0.3, -0.25) is 4.79 Å². The molecule has 0 fully saturated rings. The Kier molecular flexibility index (Phi) is 3.89. The number of hydrogen-bond acceptors (Lipinski definition) is 4. The lowest BCUT2D eigenvalue weighted by Gasteiger charge is -2.04. The Morgan fingerprint density at radius 2 is 2.19 bits per heavy atom. The molecule has 0 saturated carbocycles. The fourth-order valence-corrected chi connectivity index (χ4v) is 4.26. The van der Waals surface area contributed by atoms with Crippen molar-refractivity contribution in [2.24, 2.45) is 0 Å². The van der Waals surface area contributed by atoms with Gasteiger partial charge in [0.1, 0.15) is 4.88 Å². The number of anilines is 1. The van der Waals surface area contributed by atoms with Gasteiger partial charge < -0.3 is 11.1 Å². The quantitative estimate of drug-likeness (QED) is 0.743. The second kappa shape index (κ2) is 5.67. The molecular formula is C15H13ClN2OS2. The van der Waals surface area contributed by atoms with E-state index >= 15 is 0 Å². The number of halogens is 1. The molecule has 0 radical (unpaired) electrons. The van der Waals surface area contributed by atoms with Crippen molar-refractivity contribution >= 4 is 56.0 Å². The second-order valence-corrected chi connectivity index (χ2v) is 6.98. The van der Waals surface area contributed by atoms with E-state index in [2.05, 4.69) is 10.7 Å². The number of fused-ring (bicyclic) bond motifs is 1. The minimum Gasteiger partial charge on any atom is -0.397 e. The number of carbonyl (C=O) groups excluding carboxylic acids is 1. The van der Waals surface area contributed by atoms with E-state index in [-0.39, 0.29) is 5.91 Å². The maximum Gasteiger partial charge on any atom is 0.263 e. The van der Waals surface area contributed by atoms with Crippen molar-refractivity contribution in [1.29, 1.82) is 0 Å². The van der Waals surface area contributed by atoms with E-state index in [1.54, 1.807) is 17.4 Å². The first-order valence-corrected chi connectivity index (χ1v) is 8.47. The molecule has 1 aromatic carbocycles. The predicted molar refractivity (Wildman–Crippen MR) is 91.5 cm³/mol. The standard InChI is InChI=1S/C15H13ClN2OS2/c1-8-6-20-7-9(8)5-18-15(19)14-13(17)11-3-2-10(16)4-12(11)21-14/h2-4,6-7H,5,17H2,1H3,(H,18,19). The summed E-state index contributed by atoms with van der Waals surface area (Å²) in [6.45, 7) is 2.55. The molecule has 3 N–H and O–H groups in total. The summed E-state index contributed by atoms with van der Waals surface area (Å²) in [5.74, 6) is -0.143. The third-order valence-corrected chi connectivity index (χ3v) is 5.61. The van der Waals surface area contributed by atoms with Crippen LogP contribution in [0, 0.1) is 6.92 Å². The van der Waals surface area contributed by atoms with Gasteiger partial charge in [-0.15, -0.1) is 11.3 Å². The average Bonchev–Trinajstić information content (AvgIpc) is 3.00. The molecule has 0 aliphatic carbocycles. The van der Waals surface area contributed by atoms with Gasteiger partial charge in [0.25, 0.3) is 5.91 Å². The van der Waals surface area contributed by atoms with Crippen LogP contribution < -0.4 is 11.1 Å². The molecule has 0 aliphatic rings. The molecule has 2 heterocycles. The number of amides is 1. The van der Waals surface area contributed by atoms with Gasteiger partial charge in [-0.1, -0.05) is 11.6 Å². The zero-order valence-corrected chi connectivity index (χ0v) is 13.7. The number of carbonyl (C=O) groups is 1. The van der Waals surface area contributed by atoms with Crippen molar-refractivity contribution in [2.45, 2.75) is 13.5 Å². The molecule has 2 aromatic heterocycles. The highest BCUT2D eigenvalue weighted by atomic mass is 35.5. The molecule has 108 valence electrons. The molecule has 3 aromatic rings. The van der Waals surface area contributed by atoms with Gasteiger partial charge in [-0.2, -0.15) is 11.3 Å². The molecular weight excluding hydrogens is 324 g/mol. The summed E-state index contributed by atoms with van der Waals surface area (Å²) in [6, 6.07) is 5.46. The lowest BCUT2D eigenvalue weighted by atomic mass is 10.2. The summed E-state index contributed by atoms with van der Waals surface area (Å²) in [5.41, 5.74) is 8.92. The third kappa shape index (κ3) is 2.77. The SMILES string of the molecule is Cc1cscc1CNC(=O)c1sc2cc(Cl)ccc2c1N. The minimum atomic E-state index is -0.143. The van der Waals surface area contributed by atoms with Gasteiger partial charge in [0.2, 0.25) is 0 Å². The van der Waals surface area contributed by atoms with E-state index in [0.29, 0.717) is 22.1 Å². The number of nitrogens with one attached hydrogen (secondary N) is 1. The van der Waals surface area contributed by atoms with Crippen LogP contribution in [0.3, 0.4) is 0 Å². The van der Waals surface area contributed by atoms with Crippen LogP contribution in [-0.4, -0.2) is 5.91 Å². The van der Waals surface area contributed by atoms with Crippen molar-refractivity contribution in [3.8, 4) is 0 Å². The van der Waals surface area contributed by atoms with E-state index < -0.39 is 0 Å². The lowest BCUT2D eigenvalue weighted by molar-refractivity contribution is 0.0956. The Bertz CT molecular complexity index is 822. The van der Waals surface area contributed by atoms with Gasteiger partial charge >= 0.3 is 0 Å².